The van der Waals surface area contributed by atoms with Gasteiger partial charge in [-0.05, 0) is 97.4 Å². The minimum absolute atomic E-state index is 0.124. The van der Waals surface area contributed by atoms with Crippen molar-refractivity contribution in [3.8, 4) is 11.5 Å². The molecule has 3 aromatic carbocycles. The van der Waals surface area contributed by atoms with Crippen LogP contribution in [0, 0.1) is 0 Å². The molecule has 40 heavy (non-hydrogen) atoms. The lowest BCUT2D eigenvalue weighted by molar-refractivity contribution is -0.123. The molecule has 4 amide bonds. The van der Waals surface area contributed by atoms with E-state index in [1.807, 2.05) is 6.92 Å². The third-order valence-electron chi connectivity index (χ3n) is 5.93. The summed E-state index contributed by atoms with van der Waals surface area (Å²) in [6.45, 7) is 2.61. The highest BCUT2D eigenvalue weighted by Gasteiger charge is 2.34. The van der Waals surface area contributed by atoms with Gasteiger partial charge in [-0.1, -0.05) is 12.1 Å². The van der Waals surface area contributed by atoms with Gasteiger partial charge in [-0.2, -0.15) is 0 Å². The number of carbonyl (C=O) groups excluding carboxylic acids is 4. The molecule has 0 radical (unpaired) electrons. The van der Waals surface area contributed by atoms with Gasteiger partial charge < -0.3 is 20.1 Å². The molecule has 206 valence electrons. The maximum Gasteiger partial charge on any atom is 0.293 e. The van der Waals surface area contributed by atoms with Gasteiger partial charge in [0.15, 0.2) is 0 Å². The molecule has 1 aliphatic rings. The second kappa shape index (κ2) is 13.5. The van der Waals surface area contributed by atoms with Crippen LogP contribution < -0.4 is 20.1 Å². The molecule has 1 saturated heterocycles. The Hall–Kier alpha value is -4.57. The van der Waals surface area contributed by atoms with Gasteiger partial charge in [-0.3, -0.25) is 24.1 Å². The number of imide groups is 1. The van der Waals surface area contributed by atoms with E-state index in [2.05, 4.69) is 10.6 Å². The molecular formula is C30H29N3O6S. The number of nitrogens with zero attached hydrogens (tertiary/aromatic N) is 1. The van der Waals surface area contributed by atoms with Gasteiger partial charge in [-0.15, -0.1) is 0 Å². The minimum atomic E-state index is -0.370. The van der Waals surface area contributed by atoms with Crippen LogP contribution in [-0.4, -0.2) is 48.1 Å². The maximum absolute atomic E-state index is 12.7. The summed E-state index contributed by atoms with van der Waals surface area (Å²) in [5.74, 6) is 0.521. The van der Waals surface area contributed by atoms with E-state index in [1.165, 1.54) is 0 Å². The van der Waals surface area contributed by atoms with Gasteiger partial charge in [0, 0.05) is 29.9 Å². The highest BCUT2D eigenvalue weighted by Crippen LogP contribution is 2.32. The molecule has 1 heterocycles. The van der Waals surface area contributed by atoms with Gasteiger partial charge in [-0.25, -0.2) is 0 Å². The molecule has 1 aliphatic heterocycles. The number of nitrogens with one attached hydrogen (secondary N) is 2. The van der Waals surface area contributed by atoms with Crippen molar-refractivity contribution in [2.75, 3.05) is 30.9 Å². The molecule has 0 unspecified atom stereocenters. The van der Waals surface area contributed by atoms with Crippen LogP contribution >= 0.6 is 11.8 Å². The largest absolute Gasteiger partial charge is 0.497 e. The lowest BCUT2D eigenvalue weighted by Gasteiger charge is -2.12. The summed E-state index contributed by atoms with van der Waals surface area (Å²) >= 11 is 0.883. The average Bonchev–Trinajstić information content (AvgIpc) is 3.22. The first kappa shape index (κ1) is 28.4. The zero-order valence-electron chi connectivity index (χ0n) is 22.1. The Morgan fingerprint density at radius 1 is 0.875 bits per heavy atom. The number of carbonyl (C=O) groups is 4. The van der Waals surface area contributed by atoms with Gasteiger partial charge in [0.05, 0.1) is 18.6 Å². The maximum atomic E-state index is 12.7. The molecule has 0 atom stereocenters. The zero-order chi connectivity index (χ0) is 28.5. The molecule has 2 N–H and O–H groups in total. The number of thioether (sulfide) groups is 1. The number of hydrogen-bond donors (Lipinski definition) is 2. The summed E-state index contributed by atoms with van der Waals surface area (Å²) in [6, 6.07) is 20.8. The first-order valence-electron chi connectivity index (χ1n) is 12.7. The average molecular weight is 560 g/mol. The molecular weight excluding hydrogens is 530 g/mol. The third kappa shape index (κ3) is 7.51. The lowest BCUT2D eigenvalue weighted by Crippen LogP contribution is -2.29. The molecule has 0 aliphatic carbocycles. The van der Waals surface area contributed by atoms with E-state index in [0.29, 0.717) is 40.6 Å². The quantitative estimate of drug-likeness (QED) is 0.285. The number of anilines is 2. The second-order valence-electron chi connectivity index (χ2n) is 8.75. The SMILES string of the molecule is CCOc1ccc(NC(=O)c2ccc(NC(=O)CCCN3C(=O)SC(=Cc4ccc(OC)cc4)C3=O)cc2)cc1. The Balaban J connectivity index is 1.23. The van der Waals surface area contributed by atoms with E-state index in [9.17, 15) is 19.2 Å². The number of methoxy groups -OCH3 is 1. The first-order valence-corrected chi connectivity index (χ1v) is 13.5. The summed E-state index contributed by atoms with van der Waals surface area (Å²) in [4.78, 5) is 51.5. The summed E-state index contributed by atoms with van der Waals surface area (Å²) in [5.41, 5.74) is 2.40. The Kier molecular flexibility index (Phi) is 9.58. The molecule has 0 bridgehead atoms. The van der Waals surface area contributed by atoms with Crippen molar-refractivity contribution in [2.45, 2.75) is 19.8 Å². The highest BCUT2D eigenvalue weighted by molar-refractivity contribution is 8.18. The van der Waals surface area contributed by atoms with Crippen molar-refractivity contribution < 1.29 is 28.7 Å². The van der Waals surface area contributed by atoms with Crippen LogP contribution in [-0.2, 0) is 9.59 Å². The normalized spacial score (nSPS) is 13.8. The van der Waals surface area contributed by atoms with Gasteiger partial charge in [0.2, 0.25) is 5.91 Å². The third-order valence-corrected chi connectivity index (χ3v) is 6.83. The van der Waals surface area contributed by atoms with Crippen LogP contribution in [0.2, 0.25) is 0 Å². The number of ether oxygens (including phenoxy) is 2. The molecule has 0 spiro atoms. The number of amides is 4. The predicted octanol–water partition coefficient (Wildman–Crippen LogP) is 5.80. The van der Waals surface area contributed by atoms with E-state index in [1.54, 1.807) is 86.0 Å². The van der Waals surface area contributed by atoms with Crippen LogP contribution in [0.15, 0.2) is 77.7 Å². The molecule has 3 aromatic rings. The first-order chi connectivity index (χ1) is 19.4. The Morgan fingerprint density at radius 2 is 1.50 bits per heavy atom. The van der Waals surface area contributed by atoms with E-state index in [4.69, 9.17) is 9.47 Å². The van der Waals surface area contributed by atoms with Gasteiger partial charge >= 0.3 is 0 Å². The monoisotopic (exact) mass is 559 g/mol. The zero-order valence-corrected chi connectivity index (χ0v) is 23.0. The number of benzene rings is 3. The van der Waals surface area contributed by atoms with Crippen molar-refractivity contribution in [1.82, 2.24) is 4.90 Å². The van der Waals surface area contributed by atoms with Crippen molar-refractivity contribution in [3.63, 3.8) is 0 Å². The van der Waals surface area contributed by atoms with Crippen molar-refractivity contribution in [1.29, 1.82) is 0 Å². The predicted molar refractivity (Wildman–Crippen MR) is 156 cm³/mol. The van der Waals surface area contributed by atoms with Gasteiger partial charge in [0.1, 0.15) is 11.5 Å². The van der Waals surface area contributed by atoms with Crippen molar-refractivity contribution >= 4 is 52.2 Å². The molecule has 0 aromatic heterocycles. The van der Waals surface area contributed by atoms with E-state index in [-0.39, 0.29) is 35.9 Å². The number of hydrogen-bond acceptors (Lipinski definition) is 7. The van der Waals surface area contributed by atoms with E-state index >= 15 is 0 Å². The van der Waals surface area contributed by atoms with Crippen LogP contribution in [0.4, 0.5) is 16.2 Å². The fourth-order valence-electron chi connectivity index (χ4n) is 3.87. The smallest absolute Gasteiger partial charge is 0.293 e. The molecule has 10 heteroatoms. The fourth-order valence-corrected chi connectivity index (χ4v) is 4.74. The Morgan fingerprint density at radius 3 is 2.15 bits per heavy atom. The van der Waals surface area contributed by atoms with Crippen LogP contribution in [0.3, 0.4) is 0 Å². The molecule has 0 saturated carbocycles. The molecule has 4 rings (SSSR count). The van der Waals surface area contributed by atoms with E-state index < -0.39 is 0 Å². The van der Waals surface area contributed by atoms with Crippen molar-refractivity contribution in [3.05, 3.63) is 88.8 Å². The topological polar surface area (TPSA) is 114 Å². The standard InChI is InChI=1S/C30H29N3O6S/c1-3-39-25-16-12-23(13-17-25)32-28(35)21-8-10-22(11-9-21)31-27(34)5-4-18-33-29(36)26(40-30(33)37)19-20-6-14-24(38-2)15-7-20/h6-17,19H,3-5,18H2,1-2H3,(H,31,34)(H,32,35). The van der Waals surface area contributed by atoms with Gasteiger partial charge in [0.25, 0.3) is 17.1 Å². The Bertz CT molecular complexity index is 1400. The fraction of sp³-hybridized carbons (Fsp3) is 0.200. The second-order valence-corrected chi connectivity index (χ2v) is 9.74. The van der Waals surface area contributed by atoms with E-state index in [0.717, 1.165) is 28.0 Å². The summed E-state index contributed by atoms with van der Waals surface area (Å²) in [7, 11) is 1.57. The summed E-state index contributed by atoms with van der Waals surface area (Å²) in [6.07, 6.45) is 2.11. The Labute approximate surface area is 236 Å². The van der Waals surface area contributed by atoms with Crippen LogP contribution in [0.25, 0.3) is 6.08 Å². The molecule has 1 fully saturated rings. The summed E-state index contributed by atoms with van der Waals surface area (Å²) < 4.78 is 10.5. The van der Waals surface area contributed by atoms with Crippen LogP contribution in [0.5, 0.6) is 11.5 Å². The number of rotatable bonds is 11. The minimum Gasteiger partial charge on any atom is -0.497 e. The highest BCUT2D eigenvalue weighted by atomic mass is 32.2. The van der Waals surface area contributed by atoms with Crippen molar-refractivity contribution in [2.24, 2.45) is 0 Å². The lowest BCUT2D eigenvalue weighted by atomic mass is 10.1. The molecule has 9 nitrogen and oxygen atoms in total. The summed E-state index contributed by atoms with van der Waals surface area (Å²) in [5, 5.41) is 5.24. The van der Waals surface area contributed by atoms with Crippen LogP contribution in [0.1, 0.15) is 35.7 Å².